The van der Waals surface area contributed by atoms with Gasteiger partial charge >= 0.3 is 0 Å². The van der Waals surface area contributed by atoms with Crippen LogP contribution in [-0.2, 0) is 4.79 Å². The molecule has 124 valence electrons. The Morgan fingerprint density at radius 3 is 1.96 bits per heavy atom. The van der Waals surface area contributed by atoms with Gasteiger partial charge in [-0.2, -0.15) is 0 Å². The van der Waals surface area contributed by atoms with Gasteiger partial charge in [-0.1, -0.05) is 36.4 Å². The molecule has 1 aromatic carbocycles. The van der Waals surface area contributed by atoms with E-state index >= 15 is 0 Å². The van der Waals surface area contributed by atoms with E-state index in [0.29, 0.717) is 11.1 Å². The molecule has 0 radical (unpaired) electrons. The zero-order chi connectivity index (χ0) is 17.4. The van der Waals surface area contributed by atoms with Crippen molar-refractivity contribution in [1.29, 1.82) is 0 Å². The lowest BCUT2D eigenvalue weighted by Gasteiger charge is -2.25. The van der Waals surface area contributed by atoms with Crippen molar-refractivity contribution >= 4 is 17.0 Å². The van der Waals surface area contributed by atoms with E-state index in [1.54, 1.807) is 0 Å². The number of carbonyl (C=O) groups is 1. The maximum absolute atomic E-state index is 12.5. The fraction of sp³-hybridized carbons (Fsp3) is 0.250. The van der Waals surface area contributed by atoms with Gasteiger partial charge in [0.15, 0.2) is 0 Å². The third-order valence-electron chi connectivity index (χ3n) is 4.43. The number of anilines is 1. The summed E-state index contributed by atoms with van der Waals surface area (Å²) in [6, 6.07) is 7.84. The van der Waals surface area contributed by atoms with E-state index in [2.05, 4.69) is 4.90 Å². The number of ketones is 1. The number of Topliss-reactive ketones (excluding diaryl/α,β-unsaturated/α-hetero) is 1. The summed E-state index contributed by atoms with van der Waals surface area (Å²) in [7, 11) is 7.93. The number of hydrogen-bond acceptors (Lipinski definition) is 4. The van der Waals surface area contributed by atoms with E-state index in [1.807, 2.05) is 81.7 Å². The second-order valence-corrected chi connectivity index (χ2v) is 6.50. The molecule has 0 spiro atoms. The van der Waals surface area contributed by atoms with E-state index in [4.69, 9.17) is 0 Å². The van der Waals surface area contributed by atoms with Crippen molar-refractivity contribution in [2.75, 3.05) is 33.1 Å². The van der Waals surface area contributed by atoms with Crippen LogP contribution in [0.5, 0.6) is 0 Å². The van der Waals surface area contributed by atoms with Crippen LogP contribution in [0.1, 0.15) is 5.56 Å². The molecule has 4 nitrogen and oxygen atoms in total. The average Bonchev–Trinajstić information content (AvgIpc) is 2.56. The molecule has 1 N–H and O–H groups in total. The van der Waals surface area contributed by atoms with Crippen LogP contribution in [0, 0.1) is 0 Å². The number of hydrogen-bond donors (Lipinski definition) is 1. The molecule has 4 heteroatoms. The minimum atomic E-state index is -0.0993. The van der Waals surface area contributed by atoms with Crippen molar-refractivity contribution in [1.82, 2.24) is 4.90 Å². The molecule has 0 unspecified atom stereocenters. The Morgan fingerprint density at radius 2 is 1.50 bits per heavy atom. The lowest BCUT2D eigenvalue weighted by atomic mass is 9.80. The first-order valence-corrected chi connectivity index (χ1v) is 7.93. The molecule has 3 rings (SSSR count). The Hall–Kier alpha value is -2.59. The SMILES string of the molecule is CN(C)c1ccc(C2=C(O)C(=C3C=CC(N(C)C)C=C3)C2=O)cc1. The lowest BCUT2D eigenvalue weighted by molar-refractivity contribution is -0.111. The first-order chi connectivity index (χ1) is 11.4. The number of nitrogens with zero attached hydrogens (tertiary/aromatic N) is 2. The van der Waals surface area contributed by atoms with Crippen LogP contribution < -0.4 is 4.90 Å². The van der Waals surface area contributed by atoms with E-state index in [0.717, 1.165) is 16.8 Å². The van der Waals surface area contributed by atoms with Crippen LogP contribution in [0.2, 0.25) is 0 Å². The van der Waals surface area contributed by atoms with Gasteiger partial charge in [-0.05, 0) is 37.4 Å². The monoisotopic (exact) mass is 322 g/mol. The maximum atomic E-state index is 12.5. The molecule has 0 saturated heterocycles. The number of likely N-dealkylation sites (N-methyl/N-ethyl adjacent to an activating group) is 1. The van der Waals surface area contributed by atoms with Gasteiger partial charge in [0.2, 0.25) is 5.78 Å². The quantitative estimate of drug-likeness (QED) is 0.869. The predicted molar refractivity (Wildman–Crippen MR) is 98.1 cm³/mol. The second kappa shape index (κ2) is 6.13. The lowest BCUT2D eigenvalue weighted by Crippen LogP contribution is -2.26. The van der Waals surface area contributed by atoms with Gasteiger partial charge in [0.05, 0.1) is 11.1 Å². The zero-order valence-corrected chi connectivity index (χ0v) is 14.4. The van der Waals surface area contributed by atoms with Crippen molar-refractivity contribution in [3.63, 3.8) is 0 Å². The summed E-state index contributed by atoms with van der Waals surface area (Å²) in [6.07, 6.45) is 7.85. The summed E-state index contributed by atoms with van der Waals surface area (Å²) in [4.78, 5) is 16.6. The molecular formula is C20H22N2O2. The van der Waals surface area contributed by atoms with Crippen LogP contribution in [0.3, 0.4) is 0 Å². The van der Waals surface area contributed by atoms with Crippen LogP contribution in [-0.4, -0.2) is 50.0 Å². The fourth-order valence-electron chi connectivity index (χ4n) is 2.90. The van der Waals surface area contributed by atoms with Crippen LogP contribution >= 0.6 is 0 Å². The standard InChI is InChI=1S/C20H22N2O2/c1-21(2)15-9-5-13(6-10-15)17-19(23)18(20(17)24)14-7-11-16(12-8-14)22(3)4/h5-12,15,23H,1-4H3. The molecule has 0 aromatic heterocycles. The minimum absolute atomic E-state index is 0.0882. The largest absolute Gasteiger partial charge is 0.506 e. The van der Waals surface area contributed by atoms with Gasteiger partial charge < -0.3 is 10.0 Å². The minimum Gasteiger partial charge on any atom is -0.506 e. The van der Waals surface area contributed by atoms with Gasteiger partial charge in [-0.15, -0.1) is 0 Å². The average molecular weight is 322 g/mol. The summed E-state index contributed by atoms with van der Waals surface area (Å²) in [5, 5.41) is 10.4. The Kier molecular flexibility index (Phi) is 4.16. The number of carbonyl (C=O) groups excluding carboxylic acids is 1. The number of aliphatic hydroxyl groups excluding tert-OH is 1. The van der Waals surface area contributed by atoms with Gasteiger partial charge in [-0.25, -0.2) is 0 Å². The molecule has 24 heavy (non-hydrogen) atoms. The van der Waals surface area contributed by atoms with Gasteiger partial charge in [0.1, 0.15) is 5.76 Å². The van der Waals surface area contributed by atoms with Crippen molar-refractivity contribution in [3.05, 3.63) is 71.0 Å². The first-order valence-electron chi connectivity index (χ1n) is 7.93. The molecule has 0 aliphatic heterocycles. The summed E-state index contributed by atoms with van der Waals surface area (Å²) in [6.45, 7) is 0. The smallest absolute Gasteiger partial charge is 0.201 e. The van der Waals surface area contributed by atoms with Crippen molar-refractivity contribution < 1.29 is 9.90 Å². The summed E-state index contributed by atoms with van der Waals surface area (Å²) >= 11 is 0. The molecule has 0 fully saturated rings. The van der Waals surface area contributed by atoms with Crippen LogP contribution in [0.25, 0.3) is 5.57 Å². The highest BCUT2D eigenvalue weighted by molar-refractivity contribution is 6.39. The number of allylic oxidation sites excluding steroid dienone is 5. The summed E-state index contributed by atoms with van der Waals surface area (Å²) < 4.78 is 0. The Labute approximate surface area is 142 Å². The molecular weight excluding hydrogens is 300 g/mol. The number of rotatable bonds is 3. The molecule has 0 saturated carbocycles. The topological polar surface area (TPSA) is 43.8 Å². The Morgan fingerprint density at radius 1 is 0.917 bits per heavy atom. The zero-order valence-electron chi connectivity index (χ0n) is 14.4. The van der Waals surface area contributed by atoms with E-state index in [1.165, 1.54) is 0 Å². The molecule has 0 atom stereocenters. The van der Waals surface area contributed by atoms with Gasteiger partial charge in [-0.3, -0.25) is 9.69 Å². The van der Waals surface area contributed by atoms with E-state index < -0.39 is 0 Å². The van der Waals surface area contributed by atoms with E-state index in [9.17, 15) is 9.90 Å². The van der Waals surface area contributed by atoms with E-state index in [-0.39, 0.29) is 17.6 Å². The molecule has 2 aliphatic rings. The Balaban J connectivity index is 1.91. The normalized spacial score (nSPS) is 20.0. The van der Waals surface area contributed by atoms with Crippen molar-refractivity contribution in [2.45, 2.75) is 6.04 Å². The highest BCUT2D eigenvalue weighted by Gasteiger charge is 2.36. The third kappa shape index (κ3) is 2.69. The first kappa shape index (κ1) is 16.3. The summed E-state index contributed by atoms with van der Waals surface area (Å²) in [5.74, 6) is -0.0112. The molecule has 1 aromatic rings. The number of aliphatic hydroxyl groups is 1. The van der Waals surface area contributed by atoms with Crippen LogP contribution in [0.15, 0.2) is 65.5 Å². The maximum Gasteiger partial charge on any atom is 0.201 e. The second-order valence-electron chi connectivity index (χ2n) is 6.50. The van der Waals surface area contributed by atoms with Crippen molar-refractivity contribution in [3.8, 4) is 0 Å². The molecule has 0 amide bonds. The highest BCUT2D eigenvalue weighted by Crippen LogP contribution is 2.39. The number of benzene rings is 1. The molecule has 0 bridgehead atoms. The predicted octanol–water partition coefficient (Wildman–Crippen LogP) is 2.96. The fourth-order valence-corrected chi connectivity index (χ4v) is 2.90. The Bertz CT molecular complexity index is 777. The van der Waals surface area contributed by atoms with Gasteiger partial charge in [0.25, 0.3) is 0 Å². The summed E-state index contributed by atoms with van der Waals surface area (Å²) in [5.41, 5.74) is 3.38. The highest BCUT2D eigenvalue weighted by atomic mass is 16.3. The van der Waals surface area contributed by atoms with Gasteiger partial charge in [0, 0.05) is 25.8 Å². The third-order valence-corrected chi connectivity index (χ3v) is 4.43. The molecule has 2 aliphatic carbocycles. The van der Waals surface area contributed by atoms with Crippen LogP contribution in [0.4, 0.5) is 5.69 Å². The molecule has 0 heterocycles. The van der Waals surface area contributed by atoms with Crippen molar-refractivity contribution in [2.24, 2.45) is 0 Å².